The molecule has 1 heterocycles. The molecule has 1 saturated heterocycles. The standard InChI is InChI=1S/C11H22N2OS/c1-3-10(8-15-2)13-11(14)9-5-4-6-12-7-9/h9-10,12H,3-8H2,1-2H3,(H,13,14)/t9-,10?/m1/s1. The SMILES string of the molecule is CCC(CSC)NC(=O)[C@@H]1CCCNC1. The van der Waals surface area contributed by atoms with Gasteiger partial charge in [-0.25, -0.2) is 0 Å². The fraction of sp³-hybridized carbons (Fsp3) is 0.909. The Morgan fingerprint density at radius 2 is 2.47 bits per heavy atom. The van der Waals surface area contributed by atoms with Crippen molar-refractivity contribution < 1.29 is 4.79 Å². The van der Waals surface area contributed by atoms with Gasteiger partial charge in [-0.1, -0.05) is 6.92 Å². The molecule has 1 amide bonds. The van der Waals surface area contributed by atoms with Gasteiger partial charge in [-0.05, 0) is 32.1 Å². The fourth-order valence-corrected chi connectivity index (χ4v) is 2.58. The van der Waals surface area contributed by atoms with Gasteiger partial charge >= 0.3 is 0 Å². The summed E-state index contributed by atoms with van der Waals surface area (Å²) >= 11 is 1.79. The van der Waals surface area contributed by atoms with Crippen LogP contribution in [0.15, 0.2) is 0 Å². The molecule has 2 atom stereocenters. The number of thioether (sulfide) groups is 1. The van der Waals surface area contributed by atoms with Crippen LogP contribution in [0.5, 0.6) is 0 Å². The normalized spacial score (nSPS) is 23.5. The summed E-state index contributed by atoms with van der Waals surface area (Å²) in [5, 5.41) is 6.41. The highest BCUT2D eigenvalue weighted by Gasteiger charge is 2.22. The molecule has 2 N–H and O–H groups in total. The molecule has 0 spiro atoms. The Morgan fingerprint density at radius 3 is 3.00 bits per heavy atom. The van der Waals surface area contributed by atoms with Gasteiger partial charge in [0.25, 0.3) is 0 Å². The Hall–Kier alpha value is -0.220. The molecule has 88 valence electrons. The predicted octanol–water partition coefficient (Wildman–Crippen LogP) is 1.24. The van der Waals surface area contributed by atoms with Crippen molar-refractivity contribution in [1.82, 2.24) is 10.6 Å². The zero-order valence-electron chi connectivity index (χ0n) is 9.71. The van der Waals surface area contributed by atoms with Gasteiger partial charge in [0.1, 0.15) is 0 Å². The summed E-state index contributed by atoms with van der Waals surface area (Å²) in [4.78, 5) is 11.9. The Labute approximate surface area is 96.8 Å². The van der Waals surface area contributed by atoms with Crippen LogP contribution in [0.25, 0.3) is 0 Å². The summed E-state index contributed by atoms with van der Waals surface area (Å²) in [5.74, 6) is 1.44. The number of nitrogens with one attached hydrogen (secondary N) is 2. The molecule has 0 saturated carbocycles. The van der Waals surface area contributed by atoms with E-state index in [2.05, 4.69) is 23.8 Å². The van der Waals surface area contributed by atoms with Gasteiger partial charge in [0, 0.05) is 18.3 Å². The molecule has 0 bridgehead atoms. The van der Waals surface area contributed by atoms with Crippen LogP contribution < -0.4 is 10.6 Å². The molecule has 1 rings (SSSR count). The van der Waals surface area contributed by atoms with Crippen molar-refractivity contribution in [2.45, 2.75) is 32.2 Å². The lowest BCUT2D eigenvalue weighted by atomic mass is 9.98. The molecule has 0 aliphatic carbocycles. The molecule has 1 unspecified atom stereocenters. The van der Waals surface area contributed by atoms with Crippen LogP contribution in [0.4, 0.5) is 0 Å². The minimum atomic E-state index is 0.189. The first-order valence-corrected chi connectivity index (χ1v) is 7.17. The molecule has 0 radical (unpaired) electrons. The van der Waals surface area contributed by atoms with Crippen LogP contribution in [-0.2, 0) is 4.79 Å². The third-order valence-corrected chi connectivity index (χ3v) is 3.61. The average Bonchev–Trinajstić information content (AvgIpc) is 2.29. The molecule has 3 nitrogen and oxygen atoms in total. The van der Waals surface area contributed by atoms with Gasteiger partial charge in [0.15, 0.2) is 0 Å². The van der Waals surface area contributed by atoms with Crippen LogP contribution >= 0.6 is 11.8 Å². The molecule has 4 heteroatoms. The van der Waals surface area contributed by atoms with E-state index < -0.39 is 0 Å². The highest BCUT2D eigenvalue weighted by molar-refractivity contribution is 7.98. The number of carbonyl (C=O) groups is 1. The summed E-state index contributed by atoms with van der Waals surface area (Å²) in [7, 11) is 0. The lowest BCUT2D eigenvalue weighted by Crippen LogP contribution is -2.45. The number of amides is 1. The van der Waals surface area contributed by atoms with Crippen LogP contribution in [0.1, 0.15) is 26.2 Å². The van der Waals surface area contributed by atoms with Crippen molar-refractivity contribution in [2.24, 2.45) is 5.92 Å². The second-order valence-electron chi connectivity index (χ2n) is 4.11. The van der Waals surface area contributed by atoms with Crippen molar-refractivity contribution in [2.75, 3.05) is 25.1 Å². The molecule has 0 aromatic heterocycles. The molecule has 0 aromatic carbocycles. The monoisotopic (exact) mass is 230 g/mol. The number of hydrogen-bond donors (Lipinski definition) is 2. The van der Waals surface area contributed by atoms with E-state index in [1.54, 1.807) is 11.8 Å². The number of hydrogen-bond acceptors (Lipinski definition) is 3. The second-order valence-corrected chi connectivity index (χ2v) is 5.02. The molecular weight excluding hydrogens is 208 g/mol. The van der Waals surface area contributed by atoms with Crippen molar-refractivity contribution in [3.8, 4) is 0 Å². The highest BCUT2D eigenvalue weighted by atomic mass is 32.2. The highest BCUT2D eigenvalue weighted by Crippen LogP contribution is 2.11. The van der Waals surface area contributed by atoms with Crippen molar-refractivity contribution in [3.63, 3.8) is 0 Å². The van der Waals surface area contributed by atoms with Crippen molar-refractivity contribution in [1.29, 1.82) is 0 Å². The largest absolute Gasteiger partial charge is 0.352 e. The Morgan fingerprint density at radius 1 is 1.67 bits per heavy atom. The van der Waals surface area contributed by atoms with E-state index in [9.17, 15) is 4.79 Å². The van der Waals surface area contributed by atoms with Gasteiger partial charge in [0.2, 0.25) is 5.91 Å². The summed E-state index contributed by atoms with van der Waals surface area (Å²) in [5.41, 5.74) is 0. The zero-order valence-corrected chi connectivity index (χ0v) is 10.5. The van der Waals surface area contributed by atoms with E-state index in [1.807, 2.05) is 0 Å². The Bertz CT molecular complexity index is 193. The quantitative estimate of drug-likeness (QED) is 0.747. The lowest BCUT2D eigenvalue weighted by Gasteiger charge is -2.24. The van der Waals surface area contributed by atoms with Gasteiger partial charge in [-0.15, -0.1) is 0 Å². The molecule has 1 aliphatic rings. The fourth-order valence-electron chi connectivity index (χ4n) is 1.86. The van der Waals surface area contributed by atoms with E-state index in [4.69, 9.17) is 0 Å². The summed E-state index contributed by atoms with van der Waals surface area (Å²) in [6.07, 6.45) is 5.26. The smallest absolute Gasteiger partial charge is 0.224 e. The topological polar surface area (TPSA) is 41.1 Å². The third-order valence-electron chi connectivity index (χ3n) is 2.87. The Balaban J connectivity index is 2.31. The number of piperidine rings is 1. The molecule has 15 heavy (non-hydrogen) atoms. The summed E-state index contributed by atoms with van der Waals surface area (Å²) < 4.78 is 0. The van der Waals surface area contributed by atoms with Gasteiger partial charge in [0.05, 0.1) is 5.92 Å². The molecular formula is C11H22N2OS. The first kappa shape index (κ1) is 12.8. The minimum absolute atomic E-state index is 0.189. The van der Waals surface area contributed by atoms with Gasteiger partial charge in [-0.2, -0.15) is 11.8 Å². The summed E-state index contributed by atoms with van der Waals surface area (Å²) in [6, 6.07) is 0.342. The van der Waals surface area contributed by atoms with E-state index in [0.717, 1.165) is 38.1 Å². The van der Waals surface area contributed by atoms with Gasteiger partial charge < -0.3 is 10.6 Å². The van der Waals surface area contributed by atoms with Crippen LogP contribution in [-0.4, -0.2) is 37.0 Å². The zero-order chi connectivity index (χ0) is 11.1. The van der Waals surface area contributed by atoms with E-state index in [1.165, 1.54) is 0 Å². The third kappa shape index (κ3) is 4.43. The molecule has 1 fully saturated rings. The van der Waals surface area contributed by atoms with E-state index in [-0.39, 0.29) is 11.8 Å². The van der Waals surface area contributed by atoms with Crippen molar-refractivity contribution in [3.05, 3.63) is 0 Å². The van der Waals surface area contributed by atoms with Crippen LogP contribution in [0, 0.1) is 5.92 Å². The van der Waals surface area contributed by atoms with Gasteiger partial charge in [-0.3, -0.25) is 4.79 Å². The average molecular weight is 230 g/mol. The lowest BCUT2D eigenvalue weighted by molar-refractivity contribution is -0.126. The first-order valence-electron chi connectivity index (χ1n) is 5.78. The van der Waals surface area contributed by atoms with Crippen LogP contribution in [0.2, 0.25) is 0 Å². The Kier molecular flexibility index (Phi) is 6.10. The number of rotatable bonds is 5. The minimum Gasteiger partial charge on any atom is -0.352 e. The molecule has 1 aliphatic heterocycles. The number of carbonyl (C=O) groups excluding carboxylic acids is 1. The maximum atomic E-state index is 11.9. The maximum absolute atomic E-state index is 11.9. The van der Waals surface area contributed by atoms with E-state index in [0.29, 0.717) is 6.04 Å². The maximum Gasteiger partial charge on any atom is 0.224 e. The molecule has 0 aromatic rings. The van der Waals surface area contributed by atoms with Crippen LogP contribution in [0.3, 0.4) is 0 Å². The summed E-state index contributed by atoms with van der Waals surface area (Å²) in [6.45, 7) is 4.04. The second kappa shape index (κ2) is 7.12. The van der Waals surface area contributed by atoms with Crippen molar-refractivity contribution >= 4 is 17.7 Å². The first-order chi connectivity index (χ1) is 7.27. The predicted molar refractivity (Wildman–Crippen MR) is 66.2 cm³/mol. The van der Waals surface area contributed by atoms with E-state index >= 15 is 0 Å².